The maximum atomic E-state index is 12.9. The summed E-state index contributed by atoms with van der Waals surface area (Å²) in [6.45, 7) is 2.33. The van der Waals surface area contributed by atoms with E-state index in [4.69, 9.17) is 9.57 Å². The SMILES string of the molecule is CCCCCC1OC(=O)C(C(=O)NOCc2ccccc2)=C1c1cc2ccccc2[nH]1. The third-order valence-electron chi connectivity index (χ3n) is 5.41. The van der Waals surface area contributed by atoms with Crippen LogP contribution < -0.4 is 5.48 Å². The van der Waals surface area contributed by atoms with Crippen molar-refractivity contribution >= 4 is 28.4 Å². The molecule has 1 unspecified atom stereocenters. The Kier molecular flexibility index (Phi) is 6.48. The smallest absolute Gasteiger partial charge is 0.344 e. The Balaban J connectivity index is 1.60. The van der Waals surface area contributed by atoms with Gasteiger partial charge >= 0.3 is 5.97 Å². The van der Waals surface area contributed by atoms with E-state index in [2.05, 4.69) is 17.4 Å². The van der Waals surface area contributed by atoms with Gasteiger partial charge in [0.25, 0.3) is 5.91 Å². The minimum atomic E-state index is -0.615. The molecule has 1 aliphatic heterocycles. The number of unbranched alkanes of at least 4 members (excludes halogenated alkanes) is 2. The Labute approximate surface area is 181 Å². The zero-order chi connectivity index (χ0) is 21.6. The molecule has 1 aromatic heterocycles. The van der Waals surface area contributed by atoms with Crippen LogP contribution in [0.3, 0.4) is 0 Å². The van der Waals surface area contributed by atoms with Crippen LogP contribution in [0.1, 0.15) is 43.9 Å². The Morgan fingerprint density at radius 3 is 2.65 bits per heavy atom. The van der Waals surface area contributed by atoms with Crippen molar-refractivity contribution in [3.05, 3.63) is 77.5 Å². The average molecular weight is 418 g/mol. The van der Waals surface area contributed by atoms with Crippen LogP contribution in [0.4, 0.5) is 0 Å². The van der Waals surface area contributed by atoms with Gasteiger partial charge < -0.3 is 9.72 Å². The maximum absolute atomic E-state index is 12.9. The highest BCUT2D eigenvalue weighted by atomic mass is 16.7. The van der Waals surface area contributed by atoms with Crippen molar-refractivity contribution in [3.63, 3.8) is 0 Å². The number of hydrogen-bond donors (Lipinski definition) is 2. The number of hydrogen-bond acceptors (Lipinski definition) is 4. The van der Waals surface area contributed by atoms with Crippen molar-refractivity contribution in [2.24, 2.45) is 0 Å². The molecule has 0 aliphatic carbocycles. The molecule has 6 heteroatoms. The Morgan fingerprint density at radius 2 is 1.87 bits per heavy atom. The Morgan fingerprint density at radius 1 is 1.10 bits per heavy atom. The summed E-state index contributed by atoms with van der Waals surface area (Å²) in [6.07, 6.45) is 3.23. The fourth-order valence-electron chi connectivity index (χ4n) is 3.85. The van der Waals surface area contributed by atoms with E-state index in [-0.39, 0.29) is 12.2 Å². The maximum Gasteiger partial charge on any atom is 0.344 e. The first kappa shape index (κ1) is 20.9. The molecule has 2 N–H and O–H groups in total. The van der Waals surface area contributed by atoms with E-state index in [1.165, 1.54) is 0 Å². The van der Waals surface area contributed by atoms with Gasteiger partial charge in [0.2, 0.25) is 0 Å². The quantitative estimate of drug-likeness (QED) is 0.229. The zero-order valence-corrected chi connectivity index (χ0v) is 17.5. The van der Waals surface area contributed by atoms with Crippen LogP contribution in [0.5, 0.6) is 0 Å². The lowest BCUT2D eigenvalue weighted by Gasteiger charge is -2.13. The van der Waals surface area contributed by atoms with E-state index in [1.54, 1.807) is 0 Å². The van der Waals surface area contributed by atoms with Crippen LogP contribution in [0, 0.1) is 0 Å². The fourth-order valence-corrected chi connectivity index (χ4v) is 3.85. The normalized spacial score (nSPS) is 16.0. The predicted molar refractivity (Wildman–Crippen MR) is 119 cm³/mol. The molecular weight excluding hydrogens is 392 g/mol. The summed E-state index contributed by atoms with van der Waals surface area (Å²) < 4.78 is 5.62. The van der Waals surface area contributed by atoms with Crippen molar-refractivity contribution < 1.29 is 19.2 Å². The van der Waals surface area contributed by atoms with Gasteiger partial charge in [0.1, 0.15) is 11.7 Å². The summed E-state index contributed by atoms with van der Waals surface area (Å²) in [5, 5.41) is 1.01. The second-order valence-electron chi connectivity index (χ2n) is 7.65. The number of aromatic nitrogens is 1. The Bertz CT molecular complexity index is 1070. The molecular formula is C25H26N2O4. The molecule has 0 radical (unpaired) electrons. The van der Waals surface area contributed by atoms with Crippen molar-refractivity contribution in [1.82, 2.24) is 10.5 Å². The summed E-state index contributed by atoms with van der Waals surface area (Å²) >= 11 is 0. The van der Waals surface area contributed by atoms with E-state index in [1.807, 2.05) is 60.7 Å². The Hall–Kier alpha value is -3.38. The monoisotopic (exact) mass is 418 g/mol. The number of carbonyl (C=O) groups excluding carboxylic acids is 2. The van der Waals surface area contributed by atoms with Crippen molar-refractivity contribution in [2.75, 3.05) is 0 Å². The number of carbonyl (C=O) groups is 2. The molecule has 0 saturated heterocycles. The molecule has 2 heterocycles. The molecule has 31 heavy (non-hydrogen) atoms. The number of H-pyrrole nitrogens is 1. The van der Waals surface area contributed by atoms with Gasteiger partial charge in [-0.1, -0.05) is 68.3 Å². The molecule has 0 fully saturated rings. The van der Waals surface area contributed by atoms with Gasteiger partial charge in [-0.2, -0.15) is 0 Å². The highest BCUT2D eigenvalue weighted by Gasteiger charge is 2.39. The van der Waals surface area contributed by atoms with Gasteiger partial charge in [-0.3, -0.25) is 9.63 Å². The molecule has 2 aromatic carbocycles. The second kappa shape index (κ2) is 9.62. The number of benzene rings is 2. The molecule has 1 aliphatic rings. The molecule has 0 bridgehead atoms. The van der Waals surface area contributed by atoms with Crippen LogP contribution in [-0.2, 0) is 25.8 Å². The van der Waals surface area contributed by atoms with Gasteiger partial charge in [-0.15, -0.1) is 0 Å². The van der Waals surface area contributed by atoms with Crippen LogP contribution in [-0.4, -0.2) is 23.0 Å². The topological polar surface area (TPSA) is 80.4 Å². The van der Waals surface area contributed by atoms with Crippen molar-refractivity contribution in [2.45, 2.75) is 45.3 Å². The number of rotatable bonds is 9. The van der Waals surface area contributed by atoms with Gasteiger partial charge in [0.05, 0.1) is 6.61 Å². The third-order valence-corrected chi connectivity index (χ3v) is 5.41. The summed E-state index contributed by atoms with van der Waals surface area (Å²) in [6, 6.07) is 19.3. The minimum absolute atomic E-state index is 0.00103. The number of cyclic esters (lactones) is 1. The number of ether oxygens (including phenoxy) is 1. The molecule has 4 rings (SSSR count). The van der Waals surface area contributed by atoms with Gasteiger partial charge in [-0.25, -0.2) is 10.3 Å². The molecule has 1 amide bonds. The lowest BCUT2D eigenvalue weighted by atomic mass is 9.97. The van der Waals surface area contributed by atoms with E-state index in [0.29, 0.717) is 12.0 Å². The number of nitrogens with one attached hydrogen (secondary N) is 2. The molecule has 6 nitrogen and oxygen atoms in total. The average Bonchev–Trinajstić information content (AvgIpc) is 3.35. The number of aromatic amines is 1. The van der Waals surface area contributed by atoms with Crippen LogP contribution in [0.2, 0.25) is 0 Å². The van der Waals surface area contributed by atoms with Crippen LogP contribution in [0.15, 0.2) is 66.2 Å². The lowest BCUT2D eigenvalue weighted by molar-refractivity contribution is -0.143. The summed E-state index contributed by atoms with van der Waals surface area (Å²) in [4.78, 5) is 34.3. The second-order valence-corrected chi connectivity index (χ2v) is 7.65. The largest absolute Gasteiger partial charge is 0.454 e. The molecule has 0 saturated carbocycles. The highest BCUT2D eigenvalue weighted by molar-refractivity contribution is 6.24. The van der Waals surface area contributed by atoms with E-state index < -0.39 is 18.0 Å². The van der Waals surface area contributed by atoms with Crippen molar-refractivity contribution in [3.8, 4) is 0 Å². The van der Waals surface area contributed by atoms with Crippen LogP contribution in [0.25, 0.3) is 16.5 Å². The fraction of sp³-hybridized carbons (Fsp3) is 0.280. The number of hydroxylamine groups is 1. The highest BCUT2D eigenvalue weighted by Crippen LogP contribution is 2.35. The zero-order valence-electron chi connectivity index (χ0n) is 17.5. The van der Waals surface area contributed by atoms with E-state index in [9.17, 15) is 9.59 Å². The minimum Gasteiger partial charge on any atom is -0.454 e. The molecule has 3 aromatic rings. The molecule has 1 atom stereocenters. The number of amides is 1. The van der Waals surface area contributed by atoms with Gasteiger partial charge in [0.15, 0.2) is 0 Å². The van der Waals surface area contributed by atoms with E-state index >= 15 is 0 Å². The summed E-state index contributed by atoms with van der Waals surface area (Å²) in [5.41, 5.74) is 5.59. The first-order valence-corrected chi connectivity index (χ1v) is 10.7. The predicted octanol–water partition coefficient (Wildman–Crippen LogP) is 4.68. The summed E-state index contributed by atoms with van der Waals surface area (Å²) in [7, 11) is 0. The number of esters is 1. The van der Waals surface area contributed by atoms with Crippen LogP contribution >= 0.6 is 0 Å². The van der Waals surface area contributed by atoms with Gasteiger partial charge in [-0.05, 0) is 35.9 Å². The standard InChI is InChI=1S/C25H26N2O4/c1-2-3-5-14-21-22(20-15-18-12-8-9-13-19(18)26-20)23(25(29)31-21)24(28)27-30-16-17-10-6-4-7-11-17/h4,6-13,15,21,26H,2-3,5,14,16H2,1H3,(H,27,28). The molecule has 0 spiro atoms. The summed E-state index contributed by atoms with van der Waals surface area (Å²) in [5.74, 6) is -1.21. The van der Waals surface area contributed by atoms with Gasteiger partial charge in [0, 0.05) is 16.8 Å². The lowest BCUT2D eigenvalue weighted by Crippen LogP contribution is -2.28. The van der Waals surface area contributed by atoms with E-state index in [0.717, 1.165) is 41.4 Å². The number of para-hydroxylation sites is 1. The first-order valence-electron chi connectivity index (χ1n) is 10.7. The number of fused-ring (bicyclic) bond motifs is 1. The van der Waals surface area contributed by atoms with Crippen molar-refractivity contribution in [1.29, 1.82) is 0 Å². The molecule has 160 valence electrons. The third kappa shape index (κ3) is 4.70. The first-order chi connectivity index (χ1) is 15.2.